The number of likely N-dealkylation sites (tertiary alicyclic amines) is 1. The van der Waals surface area contributed by atoms with Crippen molar-refractivity contribution in [3.05, 3.63) is 78.2 Å². The van der Waals surface area contributed by atoms with E-state index in [2.05, 4.69) is 11.1 Å². The van der Waals surface area contributed by atoms with Gasteiger partial charge in [-0.1, -0.05) is 24.3 Å². The molecule has 0 aliphatic carbocycles. The molecule has 1 saturated heterocycles. The highest BCUT2D eigenvalue weighted by atomic mass is 16.5. The second-order valence-electron chi connectivity index (χ2n) is 7.36. The Balaban J connectivity index is 1.49. The van der Waals surface area contributed by atoms with Crippen molar-refractivity contribution >= 4 is 5.91 Å². The molecule has 1 fully saturated rings. The number of hydrogen-bond donors (Lipinski definition) is 0. The standard InChI is InChI=1S/C24H25N3O2/c1-29-21-10-4-7-18(15-21)22-11-5-12-23(26-22)19-8-6-14-27(17-19)24(28)16-20-9-2-3-13-25-20/h2-5,7,9-13,15,19H,6,8,14,16-17H2,1H3/t19-/m1/s1. The van der Waals surface area contributed by atoms with Crippen LogP contribution in [0.2, 0.25) is 0 Å². The Morgan fingerprint density at radius 2 is 2.03 bits per heavy atom. The van der Waals surface area contributed by atoms with Gasteiger partial charge in [0.25, 0.3) is 0 Å². The van der Waals surface area contributed by atoms with Crippen LogP contribution in [0.15, 0.2) is 66.9 Å². The molecular formula is C24H25N3O2. The van der Waals surface area contributed by atoms with Gasteiger partial charge in [-0.2, -0.15) is 0 Å². The molecule has 0 spiro atoms. The number of ether oxygens (including phenoxy) is 1. The van der Waals surface area contributed by atoms with Gasteiger partial charge in [-0.25, -0.2) is 0 Å². The molecule has 29 heavy (non-hydrogen) atoms. The fraction of sp³-hybridized carbons (Fsp3) is 0.292. The molecule has 0 bridgehead atoms. The number of hydrogen-bond acceptors (Lipinski definition) is 4. The molecule has 5 heteroatoms. The van der Waals surface area contributed by atoms with Crippen LogP contribution in [0, 0.1) is 0 Å². The summed E-state index contributed by atoms with van der Waals surface area (Å²) < 4.78 is 5.34. The van der Waals surface area contributed by atoms with Crippen LogP contribution in [0.1, 0.15) is 30.1 Å². The summed E-state index contributed by atoms with van der Waals surface area (Å²) in [5, 5.41) is 0. The van der Waals surface area contributed by atoms with Crippen molar-refractivity contribution < 1.29 is 9.53 Å². The molecule has 0 saturated carbocycles. The van der Waals surface area contributed by atoms with Gasteiger partial charge < -0.3 is 9.64 Å². The Morgan fingerprint density at radius 3 is 2.86 bits per heavy atom. The number of benzene rings is 1. The summed E-state index contributed by atoms with van der Waals surface area (Å²) in [4.78, 5) is 23.9. The molecule has 1 atom stereocenters. The highest BCUT2D eigenvalue weighted by molar-refractivity contribution is 5.78. The lowest BCUT2D eigenvalue weighted by Gasteiger charge is -2.32. The number of methoxy groups -OCH3 is 1. The summed E-state index contributed by atoms with van der Waals surface area (Å²) in [6.45, 7) is 1.51. The van der Waals surface area contributed by atoms with Crippen molar-refractivity contribution in [1.82, 2.24) is 14.9 Å². The van der Waals surface area contributed by atoms with E-state index in [9.17, 15) is 4.79 Å². The van der Waals surface area contributed by atoms with E-state index in [0.29, 0.717) is 13.0 Å². The Morgan fingerprint density at radius 1 is 1.14 bits per heavy atom. The Labute approximate surface area is 171 Å². The molecule has 148 valence electrons. The molecule has 2 aromatic heterocycles. The highest BCUT2D eigenvalue weighted by Crippen LogP contribution is 2.29. The first-order valence-corrected chi connectivity index (χ1v) is 10.0. The molecule has 3 aromatic rings. The van der Waals surface area contributed by atoms with Gasteiger partial charge in [0.05, 0.1) is 19.2 Å². The van der Waals surface area contributed by atoms with E-state index >= 15 is 0 Å². The summed E-state index contributed by atoms with van der Waals surface area (Å²) in [6, 6.07) is 19.8. The second kappa shape index (κ2) is 8.86. The number of nitrogens with zero attached hydrogens (tertiary/aromatic N) is 3. The average Bonchev–Trinajstić information content (AvgIpc) is 2.80. The van der Waals surface area contributed by atoms with Crippen molar-refractivity contribution in [3.63, 3.8) is 0 Å². The lowest BCUT2D eigenvalue weighted by Crippen LogP contribution is -2.40. The molecular weight excluding hydrogens is 362 g/mol. The van der Waals surface area contributed by atoms with Crippen molar-refractivity contribution in [2.45, 2.75) is 25.2 Å². The smallest absolute Gasteiger partial charge is 0.228 e. The maximum absolute atomic E-state index is 12.8. The van der Waals surface area contributed by atoms with E-state index in [-0.39, 0.29) is 11.8 Å². The van der Waals surface area contributed by atoms with Gasteiger partial charge in [-0.15, -0.1) is 0 Å². The number of pyridine rings is 2. The number of carbonyl (C=O) groups excluding carboxylic acids is 1. The average molecular weight is 387 g/mol. The summed E-state index contributed by atoms with van der Waals surface area (Å²) in [5.41, 5.74) is 3.82. The van der Waals surface area contributed by atoms with Crippen LogP contribution in [0.25, 0.3) is 11.3 Å². The first-order chi connectivity index (χ1) is 14.2. The van der Waals surface area contributed by atoms with E-state index in [1.54, 1.807) is 13.3 Å². The van der Waals surface area contributed by atoms with Gasteiger partial charge in [-0.05, 0) is 49.2 Å². The maximum atomic E-state index is 12.8. The molecule has 1 aromatic carbocycles. The molecule has 5 nitrogen and oxygen atoms in total. The van der Waals surface area contributed by atoms with Gasteiger partial charge in [0.1, 0.15) is 5.75 Å². The number of aromatic nitrogens is 2. The molecule has 0 N–H and O–H groups in total. The molecule has 0 unspecified atom stereocenters. The van der Waals surface area contributed by atoms with Crippen molar-refractivity contribution in [2.24, 2.45) is 0 Å². The van der Waals surface area contributed by atoms with Gasteiger partial charge in [-0.3, -0.25) is 14.8 Å². The number of carbonyl (C=O) groups is 1. The van der Waals surface area contributed by atoms with E-state index in [4.69, 9.17) is 9.72 Å². The summed E-state index contributed by atoms with van der Waals surface area (Å²) in [5.74, 6) is 1.21. The zero-order valence-electron chi connectivity index (χ0n) is 16.6. The van der Waals surface area contributed by atoms with Crippen LogP contribution in [0.5, 0.6) is 5.75 Å². The van der Waals surface area contributed by atoms with Crippen molar-refractivity contribution in [2.75, 3.05) is 20.2 Å². The van der Waals surface area contributed by atoms with Crippen LogP contribution in [0.4, 0.5) is 0 Å². The summed E-state index contributed by atoms with van der Waals surface area (Å²) in [6.07, 6.45) is 4.12. The third-order valence-corrected chi connectivity index (χ3v) is 5.39. The van der Waals surface area contributed by atoms with Gasteiger partial charge in [0.15, 0.2) is 0 Å². The van der Waals surface area contributed by atoms with Gasteiger partial charge in [0.2, 0.25) is 5.91 Å². The normalized spacial score (nSPS) is 16.4. The summed E-state index contributed by atoms with van der Waals surface area (Å²) >= 11 is 0. The predicted molar refractivity (Wildman–Crippen MR) is 113 cm³/mol. The van der Waals surface area contributed by atoms with E-state index < -0.39 is 0 Å². The lowest BCUT2D eigenvalue weighted by atomic mass is 9.93. The lowest BCUT2D eigenvalue weighted by molar-refractivity contribution is -0.131. The van der Waals surface area contributed by atoms with Crippen LogP contribution < -0.4 is 4.74 Å². The zero-order chi connectivity index (χ0) is 20.1. The monoisotopic (exact) mass is 387 g/mol. The van der Waals surface area contributed by atoms with E-state index in [1.807, 2.05) is 59.5 Å². The SMILES string of the molecule is COc1cccc(-c2cccc([C@@H]3CCCN(C(=O)Cc4ccccn4)C3)n2)c1. The van der Waals surface area contributed by atoms with Crippen LogP contribution >= 0.6 is 0 Å². The number of piperidine rings is 1. The van der Waals surface area contributed by atoms with E-state index in [1.165, 1.54) is 0 Å². The Hall–Kier alpha value is -3.21. The van der Waals surface area contributed by atoms with Crippen molar-refractivity contribution in [1.29, 1.82) is 0 Å². The number of amides is 1. The van der Waals surface area contributed by atoms with E-state index in [0.717, 1.165) is 47.8 Å². The first kappa shape index (κ1) is 19.1. The topological polar surface area (TPSA) is 55.3 Å². The molecule has 1 aliphatic heterocycles. The minimum atomic E-state index is 0.136. The quantitative estimate of drug-likeness (QED) is 0.661. The fourth-order valence-corrected chi connectivity index (χ4v) is 3.84. The van der Waals surface area contributed by atoms with Crippen LogP contribution in [-0.2, 0) is 11.2 Å². The molecule has 1 amide bonds. The minimum absolute atomic E-state index is 0.136. The first-order valence-electron chi connectivity index (χ1n) is 10.0. The predicted octanol–water partition coefficient (Wildman–Crippen LogP) is 4.10. The maximum Gasteiger partial charge on any atom is 0.228 e. The summed E-state index contributed by atoms with van der Waals surface area (Å²) in [7, 11) is 1.67. The third-order valence-electron chi connectivity index (χ3n) is 5.39. The third kappa shape index (κ3) is 4.62. The molecule has 0 radical (unpaired) electrons. The minimum Gasteiger partial charge on any atom is -0.497 e. The second-order valence-corrected chi connectivity index (χ2v) is 7.36. The Bertz CT molecular complexity index is 975. The molecule has 1 aliphatic rings. The van der Waals surface area contributed by atoms with Gasteiger partial charge in [0, 0.05) is 42.2 Å². The zero-order valence-corrected chi connectivity index (χ0v) is 16.6. The van der Waals surface area contributed by atoms with Gasteiger partial charge >= 0.3 is 0 Å². The molecule has 4 rings (SSSR count). The van der Waals surface area contributed by atoms with Crippen LogP contribution in [-0.4, -0.2) is 41.0 Å². The Kier molecular flexibility index (Phi) is 5.84. The molecule has 3 heterocycles. The largest absolute Gasteiger partial charge is 0.497 e. The number of rotatable bonds is 5. The highest BCUT2D eigenvalue weighted by Gasteiger charge is 2.26. The van der Waals surface area contributed by atoms with Crippen molar-refractivity contribution in [3.8, 4) is 17.0 Å². The fourth-order valence-electron chi connectivity index (χ4n) is 3.84. The van der Waals surface area contributed by atoms with Crippen LogP contribution in [0.3, 0.4) is 0 Å².